The molecule has 0 saturated heterocycles. The van der Waals surface area contributed by atoms with Crippen LogP contribution in [0.2, 0.25) is 0 Å². The summed E-state index contributed by atoms with van der Waals surface area (Å²) in [5.74, 6) is -0.338. The molecule has 0 saturated carbocycles. The fourth-order valence-electron chi connectivity index (χ4n) is 6.94. The van der Waals surface area contributed by atoms with Gasteiger partial charge in [-0.2, -0.15) is 0 Å². The normalized spacial score (nSPS) is 12.2. The second-order valence-electron chi connectivity index (χ2n) is 15.6. The molecule has 6 nitrogen and oxygen atoms in total. The van der Waals surface area contributed by atoms with Crippen molar-refractivity contribution in [3.63, 3.8) is 0 Å². The number of allylic oxidation sites excluding steroid dienone is 2. The molecule has 0 aliphatic heterocycles. The summed E-state index contributed by atoms with van der Waals surface area (Å²) in [5.41, 5.74) is 2.52. The number of carbonyl (C=O) groups is 2. The smallest absolute Gasteiger partial charge is 0.330 e. The summed E-state index contributed by atoms with van der Waals surface area (Å²) >= 11 is 0. The minimum absolute atomic E-state index is 0.169. The van der Waals surface area contributed by atoms with Gasteiger partial charge in [0.1, 0.15) is 0 Å². The van der Waals surface area contributed by atoms with Crippen LogP contribution >= 0.6 is 0 Å². The molecule has 0 amide bonds. The van der Waals surface area contributed by atoms with Gasteiger partial charge in [0.25, 0.3) is 0 Å². The predicted molar refractivity (Wildman–Crippen MR) is 227 cm³/mol. The molecule has 0 aromatic rings. The molecule has 0 aliphatic carbocycles. The average Bonchev–Trinajstić information content (AvgIpc) is 3.15. The molecule has 0 rings (SSSR count). The van der Waals surface area contributed by atoms with E-state index in [9.17, 15) is 14.7 Å². The molecule has 0 aromatic heterocycles. The number of rotatable bonds is 41. The SMILES string of the molecule is CCCCCCCCCC/C(=C/C(=O)OCCCCCN(CCCO)CCCCCOC(=O)/C=C(\CCCC)CCCCCCCCCC)CCCC. The van der Waals surface area contributed by atoms with E-state index in [1.807, 2.05) is 0 Å². The van der Waals surface area contributed by atoms with Gasteiger partial charge in [0.2, 0.25) is 0 Å². The minimum Gasteiger partial charge on any atom is -0.463 e. The molecular formula is C47H89NO5. The van der Waals surface area contributed by atoms with Crippen molar-refractivity contribution in [2.75, 3.05) is 39.5 Å². The number of hydrogen-bond donors (Lipinski definition) is 1. The summed E-state index contributed by atoms with van der Waals surface area (Å²) in [6, 6.07) is 0. The van der Waals surface area contributed by atoms with Crippen LogP contribution in [0.3, 0.4) is 0 Å². The van der Waals surface area contributed by atoms with Gasteiger partial charge in [0.15, 0.2) is 0 Å². The van der Waals surface area contributed by atoms with Gasteiger partial charge in [0.05, 0.1) is 13.2 Å². The second-order valence-corrected chi connectivity index (χ2v) is 15.6. The van der Waals surface area contributed by atoms with Crippen LogP contribution in [0.1, 0.15) is 227 Å². The van der Waals surface area contributed by atoms with Gasteiger partial charge in [-0.1, -0.05) is 142 Å². The lowest BCUT2D eigenvalue weighted by Gasteiger charge is -2.22. The van der Waals surface area contributed by atoms with Gasteiger partial charge in [-0.3, -0.25) is 0 Å². The zero-order valence-corrected chi connectivity index (χ0v) is 35.8. The van der Waals surface area contributed by atoms with Crippen molar-refractivity contribution in [2.24, 2.45) is 0 Å². The van der Waals surface area contributed by atoms with E-state index < -0.39 is 0 Å². The van der Waals surface area contributed by atoms with Crippen LogP contribution in [0.25, 0.3) is 0 Å². The Hall–Kier alpha value is -1.66. The zero-order chi connectivity index (χ0) is 38.9. The topological polar surface area (TPSA) is 76.1 Å². The number of unbranched alkanes of at least 4 members (excludes halogenated alkanes) is 20. The lowest BCUT2D eigenvalue weighted by atomic mass is 10.0. The Morgan fingerprint density at radius 3 is 1.11 bits per heavy atom. The molecule has 0 aromatic carbocycles. The number of nitrogens with zero attached hydrogens (tertiary/aromatic N) is 1. The Morgan fingerprint density at radius 2 is 0.736 bits per heavy atom. The molecule has 53 heavy (non-hydrogen) atoms. The van der Waals surface area contributed by atoms with Crippen LogP contribution in [0.15, 0.2) is 23.3 Å². The van der Waals surface area contributed by atoms with Crippen LogP contribution in [0.4, 0.5) is 0 Å². The van der Waals surface area contributed by atoms with E-state index in [4.69, 9.17) is 9.47 Å². The quantitative estimate of drug-likeness (QED) is 0.0381. The molecule has 0 atom stereocenters. The third kappa shape index (κ3) is 37.1. The van der Waals surface area contributed by atoms with E-state index in [1.54, 1.807) is 12.2 Å². The lowest BCUT2D eigenvalue weighted by Crippen LogP contribution is -2.28. The number of aliphatic hydroxyl groups excluding tert-OH is 1. The first kappa shape index (κ1) is 51.3. The van der Waals surface area contributed by atoms with Gasteiger partial charge >= 0.3 is 11.9 Å². The summed E-state index contributed by atoms with van der Waals surface area (Å²) in [4.78, 5) is 27.6. The lowest BCUT2D eigenvalue weighted by molar-refractivity contribution is -0.138. The van der Waals surface area contributed by atoms with Gasteiger partial charge in [-0.25, -0.2) is 9.59 Å². The van der Waals surface area contributed by atoms with E-state index in [1.165, 1.54) is 114 Å². The molecule has 312 valence electrons. The number of esters is 2. The first-order valence-electron chi connectivity index (χ1n) is 23.1. The predicted octanol–water partition coefficient (Wildman–Crippen LogP) is 13.4. The van der Waals surface area contributed by atoms with Crippen LogP contribution < -0.4 is 0 Å². The van der Waals surface area contributed by atoms with Crippen molar-refractivity contribution >= 4 is 11.9 Å². The van der Waals surface area contributed by atoms with Gasteiger partial charge in [0, 0.05) is 25.3 Å². The molecule has 1 N–H and O–H groups in total. The van der Waals surface area contributed by atoms with Crippen molar-refractivity contribution in [2.45, 2.75) is 227 Å². The van der Waals surface area contributed by atoms with E-state index in [0.29, 0.717) is 13.2 Å². The van der Waals surface area contributed by atoms with Crippen molar-refractivity contribution in [1.29, 1.82) is 0 Å². The van der Waals surface area contributed by atoms with E-state index in [-0.39, 0.29) is 18.5 Å². The van der Waals surface area contributed by atoms with Crippen molar-refractivity contribution in [3.8, 4) is 0 Å². The molecule has 0 fully saturated rings. The summed E-state index contributed by atoms with van der Waals surface area (Å²) in [6.07, 6.45) is 39.8. The summed E-state index contributed by atoms with van der Waals surface area (Å²) in [5, 5.41) is 9.41. The molecule has 0 bridgehead atoms. The second kappa shape index (κ2) is 41.5. The summed E-state index contributed by atoms with van der Waals surface area (Å²) < 4.78 is 11.2. The molecule has 0 aliphatic rings. The number of aliphatic hydroxyl groups is 1. The Kier molecular flexibility index (Phi) is 40.2. The number of hydrogen-bond acceptors (Lipinski definition) is 6. The third-order valence-electron chi connectivity index (χ3n) is 10.4. The van der Waals surface area contributed by atoms with E-state index in [0.717, 1.165) is 116 Å². The highest BCUT2D eigenvalue weighted by molar-refractivity contribution is 5.83. The first-order valence-corrected chi connectivity index (χ1v) is 23.1. The fraction of sp³-hybridized carbons (Fsp3) is 0.872. The first-order chi connectivity index (χ1) is 26.0. The Morgan fingerprint density at radius 1 is 0.415 bits per heavy atom. The standard InChI is InChI=1S/C47H89NO5/c1-5-9-13-15-17-19-21-25-34-44(32-11-7-3)42-46(50)52-40-29-23-27-36-48(38-31-39-49)37-28-24-30-41-53-47(51)43-45(33-12-8-4)35-26-22-20-18-16-14-10-6-2/h42-43,49H,5-41H2,1-4H3/b44-42+,45-43+. The Balaban J connectivity index is 4.30. The maximum Gasteiger partial charge on any atom is 0.330 e. The number of ether oxygens (including phenoxy) is 2. The average molecular weight is 748 g/mol. The molecule has 6 heteroatoms. The third-order valence-corrected chi connectivity index (χ3v) is 10.4. The van der Waals surface area contributed by atoms with Crippen LogP contribution in [-0.4, -0.2) is 61.4 Å². The van der Waals surface area contributed by atoms with E-state index >= 15 is 0 Å². The summed E-state index contributed by atoms with van der Waals surface area (Å²) in [7, 11) is 0. The number of carbonyl (C=O) groups excluding carboxylic acids is 2. The van der Waals surface area contributed by atoms with Gasteiger partial charge in [-0.15, -0.1) is 0 Å². The zero-order valence-electron chi connectivity index (χ0n) is 35.8. The van der Waals surface area contributed by atoms with Gasteiger partial charge < -0.3 is 19.5 Å². The van der Waals surface area contributed by atoms with Gasteiger partial charge in [-0.05, 0) is 109 Å². The fourth-order valence-corrected chi connectivity index (χ4v) is 6.94. The minimum atomic E-state index is -0.169. The van der Waals surface area contributed by atoms with Crippen LogP contribution in [0.5, 0.6) is 0 Å². The highest BCUT2D eigenvalue weighted by Crippen LogP contribution is 2.19. The highest BCUT2D eigenvalue weighted by Gasteiger charge is 2.08. The highest BCUT2D eigenvalue weighted by atomic mass is 16.5. The van der Waals surface area contributed by atoms with Crippen molar-refractivity contribution in [3.05, 3.63) is 23.3 Å². The molecular weight excluding hydrogens is 659 g/mol. The molecule has 0 unspecified atom stereocenters. The molecule has 0 radical (unpaired) electrons. The van der Waals surface area contributed by atoms with Crippen molar-refractivity contribution < 1.29 is 24.2 Å². The maximum atomic E-state index is 12.6. The summed E-state index contributed by atoms with van der Waals surface area (Å²) in [6.45, 7) is 13.0. The van der Waals surface area contributed by atoms with Crippen LogP contribution in [0, 0.1) is 0 Å². The van der Waals surface area contributed by atoms with Crippen LogP contribution in [-0.2, 0) is 19.1 Å². The largest absolute Gasteiger partial charge is 0.463 e. The Bertz CT molecular complexity index is 803. The van der Waals surface area contributed by atoms with E-state index in [2.05, 4.69) is 32.6 Å². The maximum absolute atomic E-state index is 12.6. The van der Waals surface area contributed by atoms with Crippen molar-refractivity contribution in [1.82, 2.24) is 4.90 Å². The molecule has 0 spiro atoms. The Labute approximate surface area is 329 Å². The monoisotopic (exact) mass is 748 g/mol. The molecule has 0 heterocycles.